The van der Waals surface area contributed by atoms with Crippen LogP contribution in [0.2, 0.25) is 0 Å². The maximum Gasteiger partial charge on any atom is 0.241 e. The van der Waals surface area contributed by atoms with Gasteiger partial charge < -0.3 is 20.3 Å². The van der Waals surface area contributed by atoms with E-state index in [0.717, 1.165) is 25.1 Å². The average Bonchev–Trinajstić information content (AvgIpc) is 3.24. The van der Waals surface area contributed by atoms with E-state index < -0.39 is 0 Å². The number of rotatable bonds is 10. The van der Waals surface area contributed by atoms with Gasteiger partial charge in [-0.05, 0) is 37.7 Å². The van der Waals surface area contributed by atoms with Gasteiger partial charge in [0.2, 0.25) is 5.91 Å². The summed E-state index contributed by atoms with van der Waals surface area (Å²) in [6.45, 7) is 4.40. The van der Waals surface area contributed by atoms with Crippen LogP contribution < -0.4 is 10.6 Å². The summed E-state index contributed by atoms with van der Waals surface area (Å²) in [6.07, 6.45) is 6.44. The van der Waals surface area contributed by atoms with Crippen LogP contribution in [0.5, 0.6) is 0 Å². The molecular formula is C22H37IN4O2. The monoisotopic (exact) mass is 516 g/mol. The lowest BCUT2D eigenvalue weighted by Gasteiger charge is -2.24. The van der Waals surface area contributed by atoms with Gasteiger partial charge in [0.05, 0.1) is 19.2 Å². The van der Waals surface area contributed by atoms with Crippen molar-refractivity contribution in [3.63, 3.8) is 0 Å². The summed E-state index contributed by atoms with van der Waals surface area (Å²) in [5, 5.41) is 6.54. The lowest BCUT2D eigenvalue weighted by Crippen LogP contribution is -2.44. The average molecular weight is 516 g/mol. The Bertz CT molecular complexity index is 604. The van der Waals surface area contributed by atoms with Crippen molar-refractivity contribution in [2.24, 2.45) is 10.9 Å². The Morgan fingerprint density at radius 2 is 1.90 bits per heavy atom. The second-order valence-corrected chi connectivity index (χ2v) is 7.55. The van der Waals surface area contributed by atoms with Gasteiger partial charge >= 0.3 is 0 Å². The van der Waals surface area contributed by atoms with E-state index in [9.17, 15) is 4.79 Å². The molecule has 1 saturated carbocycles. The highest BCUT2D eigenvalue weighted by Gasteiger charge is 2.25. The first kappa shape index (κ1) is 25.7. The fourth-order valence-electron chi connectivity index (χ4n) is 3.58. The maximum atomic E-state index is 11.9. The van der Waals surface area contributed by atoms with E-state index >= 15 is 0 Å². The van der Waals surface area contributed by atoms with Gasteiger partial charge in [-0.25, -0.2) is 4.99 Å². The van der Waals surface area contributed by atoms with Crippen molar-refractivity contribution in [3.8, 4) is 0 Å². The molecule has 1 aromatic rings. The van der Waals surface area contributed by atoms with Gasteiger partial charge in [0.1, 0.15) is 0 Å². The van der Waals surface area contributed by atoms with Gasteiger partial charge in [-0.2, -0.15) is 0 Å². The third kappa shape index (κ3) is 9.80. The van der Waals surface area contributed by atoms with E-state index in [1.165, 1.54) is 25.7 Å². The molecule has 0 spiro atoms. The molecule has 2 N–H and O–H groups in total. The molecule has 0 aromatic heterocycles. The van der Waals surface area contributed by atoms with Crippen molar-refractivity contribution < 1.29 is 9.53 Å². The van der Waals surface area contributed by atoms with E-state index in [4.69, 9.17) is 4.74 Å². The van der Waals surface area contributed by atoms with Crippen LogP contribution in [-0.2, 0) is 16.1 Å². The number of halogens is 1. The number of aliphatic imine (C=N–C) groups is 1. The minimum atomic E-state index is 0. The highest BCUT2D eigenvalue weighted by molar-refractivity contribution is 14.0. The van der Waals surface area contributed by atoms with Crippen molar-refractivity contribution in [2.75, 3.05) is 33.8 Å². The Morgan fingerprint density at radius 3 is 2.52 bits per heavy atom. The van der Waals surface area contributed by atoms with Gasteiger partial charge in [0, 0.05) is 27.2 Å². The molecule has 1 atom stereocenters. The smallest absolute Gasteiger partial charge is 0.241 e. The van der Waals surface area contributed by atoms with Crippen LogP contribution in [-0.4, -0.2) is 56.7 Å². The molecule has 1 fully saturated rings. The Morgan fingerprint density at radius 1 is 1.21 bits per heavy atom. The van der Waals surface area contributed by atoms with Crippen LogP contribution in [0.4, 0.5) is 0 Å². The Hall–Kier alpha value is -1.35. The van der Waals surface area contributed by atoms with Crippen molar-refractivity contribution in [3.05, 3.63) is 35.9 Å². The largest absolute Gasteiger partial charge is 0.378 e. The molecule has 0 bridgehead atoms. The number of carbonyl (C=O) groups is 1. The molecule has 0 heterocycles. The zero-order valence-corrected chi connectivity index (χ0v) is 20.4. The first-order valence-corrected chi connectivity index (χ1v) is 10.5. The Labute approximate surface area is 192 Å². The van der Waals surface area contributed by atoms with Crippen LogP contribution in [0.3, 0.4) is 0 Å². The summed E-state index contributed by atoms with van der Waals surface area (Å²) in [4.78, 5) is 18.1. The number of carbonyl (C=O) groups excluding carboxylic acids is 1. The van der Waals surface area contributed by atoms with Crippen LogP contribution in [0, 0.1) is 5.92 Å². The quantitative estimate of drug-likeness (QED) is 0.284. The van der Waals surface area contributed by atoms with Gasteiger partial charge in [-0.1, -0.05) is 43.2 Å². The summed E-state index contributed by atoms with van der Waals surface area (Å²) in [5.74, 6) is 1.36. The first-order valence-electron chi connectivity index (χ1n) is 10.5. The van der Waals surface area contributed by atoms with E-state index in [1.54, 1.807) is 19.0 Å². The molecule has 6 nitrogen and oxygen atoms in total. The Balaban J connectivity index is 0.00000420. The van der Waals surface area contributed by atoms with Crippen LogP contribution in [0.15, 0.2) is 35.3 Å². The predicted octanol–water partition coefficient (Wildman–Crippen LogP) is 3.41. The number of hydrogen-bond acceptors (Lipinski definition) is 3. The summed E-state index contributed by atoms with van der Waals surface area (Å²) in [6, 6.07) is 10.1. The number of guanidine groups is 1. The van der Waals surface area contributed by atoms with Gasteiger partial charge in [-0.3, -0.25) is 4.79 Å². The highest BCUT2D eigenvalue weighted by Crippen LogP contribution is 2.30. The van der Waals surface area contributed by atoms with Crippen molar-refractivity contribution in [1.29, 1.82) is 0 Å². The zero-order valence-electron chi connectivity index (χ0n) is 18.0. The van der Waals surface area contributed by atoms with Gasteiger partial charge in [0.15, 0.2) is 5.96 Å². The SMILES string of the molecule is CCOC(CCNC(=NCc1ccccc1)NCC(=O)N(C)C)C1CCCC1.I. The molecule has 7 heteroatoms. The molecule has 1 unspecified atom stereocenters. The lowest BCUT2D eigenvalue weighted by molar-refractivity contribution is -0.127. The number of amides is 1. The molecule has 29 heavy (non-hydrogen) atoms. The van der Waals surface area contributed by atoms with Crippen LogP contribution in [0.25, 0.3) is 0 Å². The third-order valence-corrected chi connectivity index (χ3v) is 5.20. The molecule has 0 aliphatic heterocycles. The maximum absolute atomic E-state index is 11.9. The van der Waals surface area contributed by atoms with Crippen molar-refractivity contribution >= 4 is 35.8 Å². The number of nitrogens with one attached hydrogen (secondary N) is 2. The minimum Gasteiger partial charge on any atom is -0.378 e. The summed E-state index contributed by atoms with van der Waals surface area (Å²) in [7, 11) is 3.51. The minimum absolute atomic E-state index is 0. The highest BCUT2D eigenvalue weighted by atomic mass is 127. The second-order valence-electron chi connectivity index (χ2n) is 7.55. The van der Waals surface area contributed by atoms with Gasteiger partial charge in [-0.15, -0.1) is 24.0 Å². The summed E-state index contributed by atoms with van der Waals surface area (Å²) in [5.41, 5.74) is 1.14. The van der Waals surface area contributed by atoms with E-state index in [0.29, 0.717) is 24.5 Å². The molecule has 0 saturated heterocycles. The predicted molar refractivity (Wildman–Crippen MR) is 130 cm³/mol. The molecule has 1 aromatic carbocycles. The van der Waals surface area contributed by atoms with Crippen molar-refractivity contribution in [1.82, 2.24) is 15.5 Å². The fourth-order valence-corrected chi connectivity index (χ4v) is 3.58. The summed E-state index contributed by atoms with van der Waals surface area (Å²) < 4.78 is 6.01. The zero-order chi connectivity index (χ0) is 20.2. The van der Waals surface area contributed by atoms with E-state index in [2.05, 4.69) is 34.7 Å². The van der Waals surface area contributed by atoms with Gasteiger partial charge in [0.25, 0.3) is 0 Å². The van der Waals surface area contributed by atoms with Crippen LogP contribution in [0.1, 0.15) is 44.6 Å². The van der Waals surface area contributed by atoms with Crippen molar-refractivity contribution in [2.45, 2.75) is 51.7 Å². The fraction of sp³-hybridized carbons (Fsp3) is 0.636. The standard InChI is InChI=1S/C22H36N4O2.HI/c1-4-28-20(19-12-8-9-13-19)14-15-23-22(25-17-21(27)26(2)3)24-16-18-10-6-5-7-11-18;/h5-7,10-11,19-20H,4,8-9,12-17H2,1-3H3,(H2,23,24,25);1H. The third-order valence-electron chi connectivity index (χ3n) is 5.20. The van der Waals surface area contributed by atoms with E-state index in [1.807, 2.05) is 18.2 Å². The number of benzene rings is 1. The molecule has 0 radical (unpaired) electrons. The number of likely N-dealkylation sites (N-methyl/N-ethyl adjacent to an activating group) is 1. The number of hydrogen-bond donors (Lipinski definition) is 2. The molecule has 1 aliphatic carbocycles. The lowest BCUT2D eigenvalue weighted by atomic mass is 9.98. The topological polar surface area (TPSA) is 66.0 Å². The molecule has 1 aliphatic rings. The van der Waals surface area contributed by atoms with E-state index in [-0.39, 0.29) is 36.4 Å². The van der Waals surface area contributed by atoms with Crippen LogP contribution >= 0.6 is 24.0 Å². The summed E-state index contributed by atoms with van der Waals surface area (Å²) >= 11 is 0. The molecule has 2 rings (SSSR count). The second kappa shape index (κ2) is 14.6. The molecular weight excluding hydrogens is 479 g/mol. The Kier molecular flexibility index (Phi) is 12.9. The molecule has 1 amide bonds. The normalized spacial score (nSPS) is 15.5. The molecule has 164 valence electrons. The first-order chi connectivity index (χ1) is 13.6. The number of ether oxygens (including phenoxy) is 1. The number of nitrogens with zero attached hydrogens (tertiary/aromatic N) is 2.